The van der Waals surface area contributed by atoms with Gasteiger partial charge in [-0.05, 0) is 62.7 Å². The topological polar surface area (TPSA) is 65.3 Å². The summed E-state index contributed by atoms with van der Waals surface area (Å²) in [6.45, 7) is 2.56. The Hall–Kier alpha value is -2.77. The predicted octanol–water partition coefficient (Wildman–Crippen LogP) is 4.89. The van der Waals surface area contributed by atoms with Crippen LogP contribution in [-0.2, 0) is 0 Å². The number of likely N-dealkylation sites (tertiary alicyclic amines) is 1. The van der Waals surface area contributed by atoms with Crippen LogP contribution in [-0.4, -0.2) is 39.8 Å². The first-order valence-electron chi connectivity index (χ1n) is 10.3. The van der Waals surface area contributed by atoms with E-state index in [-0.39, 0.29) is 17.6 Å². The fourth-order valence-electron chi connectivity index (χ4n) is 4.51. The van der Waals surface area contributed by atoms with Gasteiger partial charge in [-0.3, -0.25) is 0 Å². The van der Waals surface area contributed by atoms with Gasteiger partial charge in [-0.2, -0.15) is 0 Å². The number of aromatic nitrogens is 2. The van der Waals surface area contributed by atoms with Crippen LogP contribution in [0.1, 0.15) is 42.5 Å². The van der Waals surface area contributed by atoms with Crippen LogP contribution in [0.5, 0.6) is 0 Å². The van der Waals surface area contributed by atoms with E-state index in [1.54, 1.807) is 18.3 Å². The van der Waals surface area contributed by atoms with Gasteiger partial charge in [-0.15, -0.1) is 0 Å². The molecule has 0 saturated carbocycles. The van der Waals surface area contributed by atoms with Gasteiger partial charge in [0.15, 0.2) is 5.58 Å². The third-order valence-electron chi connectivity index (χ3n) is 6.19. The number of nitrogens with zero attached hydrogens (tertiary/aromatic N) is 2. The molecule has 0 spiro atoms. The van der Waals surface area contributed by atoms with Gasteiger partial charge < -0.3 is 19.5 Å². The Bertz CT molecular complexity index is 1180. The quantitative estimate of drug-likeness (QED) is 0.491. The molecular weight excluding hydrogens is 388 g/mol. The molecule has 1 fully saturated rings. The summed E-state index contributed by atoms with van der Waals surface area (Å²) in [7, 11) is 0. The van der Waals surface area contributed by atoms with Gasteiger partial charge in [-0.1, -0.05) is 5.16 Å². The summed E-state index contributed by atoms with van der Waals surface area (Å²) < 4.78 is 32.2. The van der Waals surface area contributed by atoms with Crippen molar-refractivity contribution in [3.8, 4) is 0 Å². The molecule has 0 radical (unpaired) electrons. The Balaban J connectivity index is 1.19. The molecule has 0 amide bonds. The first-order chi connectivity index (χ1) is 14.6. The van der Waals surface area contributed by atoms with Crippen molar-refractivity contribution in [2.24, 2.45) is 0 Å². The Morgan fingerprint density at radius 3 is 2.70 bits per heavy atom. The van der Waals surface area contributed by atoms with Crippen LogP contribution < -0.4 is 0 Å². The molecule has 3 heterocycles. The SMILES string of the molecule is OC(CCN1CCC(c2noc3cc(F)ccc23)CC1)c1c[nH]c2ccc(F)cc12. The van der Waals surface area contributed by atoms with E-state index < -0.39 is 6.10 Å². The van der Waals surface area contributed by atoms with Gasteiger partial charge in [0.2, 0.25) is 0 Å². The van der Waals surface area contributed by atoms with Crippen LogP contribution in [0, 0.1) is 11.6 Å². The normalized spacial score (nSPS) is 17.2. The molecule has 5 rings (SSSR count). The highest BCUT2D eigenvalue weighted by Crippen LogP contribution is 2.33. The second-order valence-corrected chi connectivity index (χ2v) is 8.06. The summed E-state index contributed by atoms with van der Waals surface area (Å²) in [5.74, 6) is -0.341. The van der Waals surface area contributed by atoms with Gasteiger partial charge in [0.25, 0.3) is 0 Å². The van der Waals surface area contributed by atoms with Crippen LogP contribution in [0.4, 0.5) is 8.78 Å². The lowest BCUT2D eigenvalue weighted by Crippen LogP contribution is -2.34. The fraction of sp³-hybridized carbons (Fsp3) is 0.348. The number of nitrogens with one attached hydrogen (secondary N) is 1. The third-order valence-corrected chi connectivity index (χ3v) is 6.19. The molecule has 1 saturated heterocycles. The Morgan fingerprint density at radius 1 is 1.10 bits per heavy atom. The molecule has 1 atom stereocenters. The summed E-state index contributed by atoms with van der Waals surface area (Å²) in [6, 6.07) is 9.11. The standard InChI is InChI=1S/C23H23F2N3O2/c24-15-2-4-20-18(11-15)19(13-26-20)21(29)7-10-28-8-5-14(6-9-28)23-17-3-1-16(25)12-22(17)30-27-23/h1-4,11-14,21,26,29H,5-10H2. The first kappa shape index (κ1) is 19.2. The molecule has 30 heavy (non-hydrogen) atoms. The van der Waals surface area contributed by atoms with Crippen molar-refractivity contribution in [1.29, 1.82) is 0 Å². The lowest BCUT2D eigenvalue weighted by Gasteiger charge is -2.31. The van der Waals surface area contributed by atoms with Gasteiger partial charge in [-0.25, -0.2) is 8.78 Å². The largest absolute Gasteiger partial charge is 0.388 e. The number of aliphatic hydroxyl groups is 1. The molecule has 1 unspecified atom stereocenters. The van der Waals surface area contributed by atoms with Gasteiger partial charge in [0.05, 0.1) is 11.8 Å². The van der Waals surface area contributed by atoms with Crippen molar-refractivity contribution in [3.05, 3.63) is 65.5 Å². The van der Waals surface area contributed by atoms with Crippen molar-refractivity contribution < 1.29 is 18.4 Å². The van der Waals surface area contributed by atoms with Gasteiger partial charge >= 0.3 is 0 Å². The van der Waals surface area contributed by atoms with E-state index in [0.717, 1.165) is 60.0 Å². The van der Waals surface area contributed by atoms with E-state index in [1.807, 2.05) is 0 Å². The number of rotatable bonds is 5. The summed E-state index contributed by atoms with van der Waals surface area (Å²) in [5.41, 5.74) is 2.96. The fourth-order valence-corrected chi connectivity index (χ4v) is 4.51. The molecule has 7 heteroatoms. The smallest absolute Gasteiger partial charge is 0.170 e. The van der Waals surface area contributed by atoms with Crippen molar-refractivity contribution in [2.75, 3.05) is 19.6 Å². The number of halogens is 2. The molecule has 2 N–H and O–H groups in total. The summed E-state index contributed by atoms with van der Waals surface area (Å²) in [5, 5.41) is 16.5. The molecule has 0 aliphatic carbocycles. The van der Waals surface area contributed by atoms with E-state index in [9.17, 15) is 13.9 Å². The molecule has 4 aromatic rings. The summed E-state index contributed by atoms with van der Waals surface area (Å²) in [6.07, 6.45) is 3.58. The Morgan fingerprint density at radius 2 is 1.87 bits per heavy atom. The molecule has 2 aromatic carbocycles. The highest BCUT2D eigenvalue weighted by atomic mass is 19.1. The molecule has 1 aliphatic rings. The first-order valence-corrected chi connectivity index (χ1v) is 10.3. The average molecular weight is 411 g/mol. The molecule has 2 aromatic heterocycles. The molecular formula is C23H23F2N3O2. The third kappa shape index (κ3) is 3.59. The zero-order chi connectivity index (χ0) is 20.7. The van der Waals surface area contributed by atoms with E-state index in [2.05, 4.69) is 15.0 Å². The lowest BCUT2D eigenvalue weighted by molar-refractivity contribution is 0.131. The number of fused-ring (bicyclic) bond motifs is 2. The monoisotopic (exact) mass is 411 g/mol. The van der Waals surface area contributed by atoms with Crippen LogP contribution in [0.2, 0.25) is 0 Å². The maximum Gasteiger partial charge on any atom is 0.170 e. The highest BCUT2D eigenvalue weighted by molar-refractivity contribution is 5.83. The van der Waals surface area contributed by atoms with E-state index >= 15 is 0 Å². The average Bonchev–Trinajstić information content (AvgIpc) is 3.36. The lowest BCUT2D eigenvalue weighted by atomic mass is 9.91. The predicted molar refractivity (Wildman–Crippen MR) is 110 cm³/mol. The van der Waals surface area contributed by atoms with Crippen molar-refractivity contribution in [1.82, 2.24) is 15.0 Å². The number of piperidine rings is 1. The zero-order valence-corrected chi connectivity index (χ0v) is 16.4. The minimum atomic E-state index is -0.646. The summed E-state index contributed by atoms with van der Waals surface area (Å²) in [4.78, 5) is 5.42. The minimum Gasteiger partial charge on any atom is -0.388 e. The van der Waals surface area contributed by atoms with Crippen LogP contribution >= 0.6 is 0 Å². The van der Waals surface area contributed by atoms with Crippen LogP contribution in [0.25, 0.3) is 21.9 Å². The number of aromatic amines is 1. The van der Waals surface area contributed by atoms with Crippen molar-refractivity contribution in [3.63, 3.8) is 0 Å². The van der Waals surface area contributed by atoms with Gasteiger partial charge in [0, 0.05) is 46.6 Å². The maximum atomic E-state index is 13.6. The van der Waals surface area contributed by atoms with Crippen molar-refractivity contribution >= 4 is 21.9 Å². The Kier molecular flexibility index (Phi) is 5.00. The number of hydrogen-bond donors (Lipinski definition) is 2. The maximum absolute atomic E-state index is 13.6. The van der Waals surface area contributed by atoms with Crippen LogP contribution in [0.15, 0.2) is 47.1 Å². The van der Waals surface area contributed by atoms with Gasteiger partial charge in [0.1, 0.15) is 11.6 Å². The Labute approximate surface area is 172 Å². The second-order valence-electron chi connectivity index (χ2n) is 8.06. The number of H-pyrrole nitrogens is 1. The zero-order valence-electron chi connectivity index (χ0n) is 16.4. The van der Waals surface area contributed by atoms with Crippen LogP contribution in [0.3, 0.4) is 0 Å². The highest BCUT2D eigenvalue weighted by Gasteiger charge is 2.25. The molecule has 1 aliphatic heterocycles. The second kappa shape index (κ2) is 7.81. The molecule has 156 valence electrons. The number of benzene rings is 2. The van der Waals surface area contributed by atoms with E-state index in [0.29, 0.717) is 12.0 Å². The number of hydrogen-bond acceptors (Lipinski definition) is 4. The minimum absolute atomic E-state index is 0.287. The summed E-state index contributed by atoms with van der Waals surface area (Å²) >= 11 is 0. The van der Waals surface area contributed by atoms with E-state index in [1.165, 1.54) is 24.3 Å². The molecule has 5 nitrogen and oxygen atoms in total. The van der Waals surface area contributed by atoms with Crippen molar-refractivity contribution in [2.45, 2.75) is 31.3 Å². The van der Waals surface area contributed by atoms with E-state index in [4.69, 9.17) is 4.52 Å². The molecule has 0 bridgehead atoms. The number of aliphatic hydroxyl groups excluding tert-OH is 1.